The van der Waals surface area contributed by atoms with E-state index in [1.165, 1.54) is 12.1 Å². The predicted octanol–water partition coefficient (Wildman–Crippen LogP) is 3.72. The lowest BCUT2D eigenvalue weighted by Crippen LogP contribution is -2.24. The first-order chi connectivity index (χ1) is 9.88. The zero-order valence-corrected chi connectivity index (χ0v) is 13.4. The number of hydrogen-bond acceptors (Lipinski definition) is 2. The van der Waals surface area contributed by atoms with E-state index in [1.807, 2.05) is 19.9 Å². The van der Waals surface area contributed by atoms with Crippen LogP contribution in [0.3, 0.4) is 0 Å². The maximum absolute atomic E-state index is 13.2. The number of halogens is 2. The Balaban J connectivity index is 2.15. The number of anilines is 1. The number of nitrogens with two attached hydrogens (primary N) is 1. The largest absolute Gasteiger partial charge is 0.398 e. The molecule has 0 spiro atoms. The summed E-state index contributed by atoms with van der Waals surface area (Å²) in [5.41, 5.74) is 9.44. The van der Waals surface area contributed by atoms with E-state index in [0.29, 0.717) is 16.8 Å². The Morgan fingerprint density at radius 1 is 1.24 bits per heavy atom. The molecular formula is C16H16BrFN2O. The minimum atomic E-state index is -0.335. The first-order valence-electron chi connectivity index (χ1n) is 6.47. The molecular weight excluding hydrogens is 335 g/mol. The van der Waals surface area contributed by atoms with Crippen molar-refractivity contribution in [2.45, 2.75) is 20.4 Å². The van der Waals surface area contributed by atoms with Gasteiger partial charge in [0.05, 0.1) is 0 Å². The smallest absolute Gasteiger partial charge is 0.251 e. The summed E-state index contributed by atoms with van der Waals surface area (Å²) >= 11 is 3.33. The average molecular weight is 351 g/mol. The number of benzene rings is 2. The summed E-state index contributed by atoms with van der Waals surface area (Å²) in [6.07, 6.45) is 0. The molecule has 1 amide bonds. The van der Waals surface area contributed by atoms with Crippen molar-refractivity contribution in [3.8, 4) is 0 Å². The Morgan fingerprint density at radius 2 is 1.95 bits per heavy atom. The van der Waals surface area contributed by atoms with Crippen LogP contribution in [0.5, 0.6) is 0 Å². The molecule has 0 saturated carbocycles. The van der Waals surface area contributed by atoms with Crippen LogP contribution < -0.4 is 11.1 Å². The van der Waals surface area contributed by atoms with Gasteiger partial charge < -0.3 is 11.1 Å². The molecule has 5 heteroatoms. The third-order valence-corrected chi connectivity index (χ3v) is 4.08. The van der Waals surface area contributed by atoms with Crippen LogP contribution in [0.15, 0.2) is 34.8 Å². The minimum Gasteiger partial charge on any atom is -0.398 e. The van der Waals surface area contributed by atoms with Gasteiger partial charge in [0.15, 0.2) is 0 Å². The number of amides is 1. The summed E-state index contributed by atoms with van der Waals surface area (Å²) in [5.74, 6) is -0.562. The SMILES string of the molecule is Cc1cc(C)c(C(=O)NCc2cc(F)ccc2Br)cc1N. The van der Waals surface area contributed by atoms with Gasteiger partial charge in [-0.3, -0.25) is 4.79 Å². The Labute approximate surface area is 131 Å². The number of nitrogen functional groups attached to an aromatic ring is 1. The van der Waals surface area contributed by atoms with Crippen molar-refractivity contribution in [2.75, 3.05) is 5.73 Å². The van der Waals surface area contributed by atoms with E-state index in [2.05, 4.69) is 21.2 Å². The van der Waals surface area contributed by atoms with E-state index in [9.17, 15) is 9.18 Å². The lowest BCUT2D eigenvalue weighted by atomic mass is 10.0. The third kappa shape index (κ3) is 3.61. The van der Waals surface area contributed by atoms with Crippen LogP contribution in [0, 0.1) is 19.7 Å². The number of hydrogen-bond donors (Lipinski definition) is 2. The zero-order valence-electron chi connectivity index (χ0n) is 11.8. The van der Waals surface area contributed by atoms with Crippen LogP contribution in [0.2, 0.25) is 0 Å². The van der Waals surface area contributed by atoms with E-state index < -0.39 is 0 Å². The highest BCUT2D eigenvalue weighted by Gasteiger charge is 2.11. The number of carbonyl (C=O) groups is 1. The molecule has 0 aliphatic rings. The average Bonchev–Trinajstić information content (AvgIpc) is 2.43. The molecule has 110 valence electrons. The first-order valence-corrected chi connectivity index (χ1v) is 7.26. The van der Waals surface area contributed by atoms with E-state index in [-0.39, 0.29) is 18.3 Å². The van der Waals surface area contributed by atoms with Gasteiger partial charge in [0.25, 0.3) is 5.91 Å². The second-order valence-corrected chi connectivity index (χ2v) is 5.80. The highest BCUT2D eigenvalue weighted by Crippen LogP contribution is 2.20. The number of rotatable bonds is 3. The fourth-order valence-electron chi connectivity index (χ4n) is 2.06. The van der Waals surface area contributed by atoms with Crippen LogP contribution in [0.25, 0.3) is 0 Å². The van der Waals surface area contributed by atoms with Gasteiger partial charge >= 0.3 is 0 Å². The van der Waals surface area contributed by atoms with Crippen molar-refractivity contribution in [2.24, 2.45) is 0 Å². The second kappa shape index (κ2) is 6.26. The topological polar surface area (TPSA) is 55.1 Å². The molecule has 2 rings (SSSR count). The molecule has 2 aromatic rings. The molecule has 2 aromatic carbocycles. The molecule has 0 atom stereocenters. The summed E-state index contributed by atoms with van der Waals surface area (Å²) in [5, 5.41) is 2.78. The van der Waals surface area contributed by atoms with E-state index in [0.717, 1.165) is 15.6 Å². The van der Waals surface area contributed by atoms with Crippen molar-refractivity contribution in [1.82, 2.24) is 5.32 Å². The standard InChI is InChI=1S/C16H16BrFN2O/c1-9-5-10(2)15(19)7-13(9)16(21)20-8-11-6-12(18)3-4-14(11)17/h3-7H,8,19H2,1-2H3,(H,20,21). The Kier molecular flexibility index (Phi) is 4.63. The molecule has 0 heterocycles. The van der Waals surface area contributed by atoms with Crippen LogP contribution in [-0.2, 0) is 6.54 Å². The molecule has 0 fully saturated rings. The molecule has 0 aromatic heterocycles. The number of nitrogens with one attached hydrogen (secondary N) is 1. The molecule has 0 unspecified atom stereocenters. The quantitative estimate of drug-likeness (QED) is 0.829. The zero-order chi connectivity index (χ0) is 15.6. The second-order valence-electron chi connectivity index (χ2n) is 4.94. The fraction of sp³-hybridized carbons (Fsp3) is 0.188. The van der Waals surface area contributed by atoms with E-state index in [1.54, 1.807) is 12.1 Å². The van der Waals surface area contributed by atoms with Crippen LogP contribution in [0.1, 0.15) is 27.0 Å². The monoisotopic (exact) mass is 350 g/mol. The summed E-state index contributed by atoms with van der Waals surface area (Å²) in [6.45, 7) is 4.00. The molecule has 0 bridgehead atoms. The van der Waals surface area contributed by atoms with Gasteiger partial charge in [-0.1, -0.05) is 22.0 Å². The summed E-state index contributed by atoms with van der Waals surface area (Å²) in [7, 11) is 0. The Bertz CT molecular complexity index is 701. The first kappa shape index (κ1) is 15.5. The summed E-state index contributed by atoms with van der Waals surface area (Å²) in [4.78, 5) is 12.2. The molecule has 21 heavy (non-hydrogen) atoms. The highest BCUT2D eigenvalue weighted by atomic mass is 79.9. The number of carbonyl (C=O) groups excluding carboxylic acids is 1. The van der Waals surface area contributed by atoms with Gasteiger partial charge in [0, 0.05) is 22.3 Å². The maximum atomic E-state index is 13.2. The lowest BCUT2D eigenvalue weighted by Gasteiger charge is -2.11. The van der Waals surface area contributed by atoms with Crippen molar-refractivity contribution >= 4 is 27.5 Å². The van der Waals surface area contributed by atoms with Crippen molar-refractivity contribution in [3.05, 3.63) is 62.9 Å². The Morgan fingerprint density at radius 3 is 2.67 bits per heavy atom. The van der Waals surface area contributed by atoms with Crippen LogP contribution >= 0.6 is 15.9 Å². The Hall–Kier alpha value is -1.88. The van der Waals surface area contributed by atoms with Gasteiger partial charge in [0.2, 0.25) is 0 Å². The molecule has 3 N–H and O–H groups in total. The third-order valence-electron chi connectivity index (χ3n) is 3.30. The number of aryl methyl sites for hydroxylation is 2. The van der Waals surface area contributed by atoms with Crippen molar-refractivity contribution in [1.29, 1.82) is 0 Å². The van der Waals surface area contributed by atoms with Gasteiger partial charge in [0.1, 0.15) is 5.82 Å². The van der Waals surface area contributed by atoms with Crippen LogP contribution in [-0.4, -0.2) is 5.91 Å². The summed E-state index contributed by atoms with van der Waals surface area (Å²) in [6, 6.07) is 7.91. The van der Waals surface area contributed by atoms with Crippen LogP contribution in [0.4, 0.5) is 10.1 Å². The predicted molar refractivity (Wildman–Crippen MR) is 85.6 cm³/mol. The lowest BCUT2D eigenvalue weighted by molar-refractivity contribution is 0.0950. The summed E-state index contributed by atoms with van der Waals surface area (Å²) < 4.78 is 14.0. The van der Waals surface area contributed by atoms with E-state index >= 15 is 0 Å². The normalized spacial score (nSPS) is 10.5. The van der Waals surface area contributed by atoms with E-state index in [4.69, 9.17) is 5.73 Å². The van der Waals surface area contributed by atoms with Gasteiger partial charge in [-0.2, -0.15) is 0 Å². The maximum Gasteiger partial charge on any atom is 0.251 e. The van der Waals surface area contributed by atoms with Gasteiger partial charge in [-0.05, 0) is 54.8 Å². The minimum absolute atomic E-state index is 0.227. The van der Waals surface area contributed by atoms with Crippen molar-refractivity contribution in [3.63, 3.8) is 0 Å². The molecule has 0 aliphatic heterocycles. The fourth-order valence-corrected chi connectivity index (χ4v) is 2.45. The van der Waals surface area contributed by atoms with Gasteiger partial charge in [-0.25, -0.2) is 4.39 Å². The molecule has 0 saturated heterocycles. The molecule has 0 radical (unpaired) electrons. The highest BCUT2D eigenvalue weighted by molar-refractivity contribution is 9.10. The molecule has 0 aliphatic carbocycles. The van der Waals surface area contributed by atoms with Gasteiger partial charge in [-0.15, -0.1) is 0 Å². The van der Waals surface area contributed by atoms with Crippen molar-refractivity contribution < 1.29 is 9.18 Å². The molecule has 3 nitrogen and oxygen atoms in total.